The molecular formula is C62H117NO8. The zero-order valence-electron chi connectivity index (χ0n) is 46.5. The number of rotatable bonds is 53. The third kappa shape index (κ3) is 41.4. The fraction of sp³-hybridized carbons (Fsp3) is 0.887. The molecule has 0 spiro atoms. The number of nitrogens with one attached hydrogen (secondary N) is 1. The predicted octanol–water partition coefficient (Wildman–Crippen LogP) is 15.5. The molecule has 0 aromatic heterocycles. The van der Waals surface area contributed by atoms with Crippen LogP contribution in [0.5, 0.6) is 0 Å². The summed E-state index contributed by atoms with van der Waals surface area (Å²) in [6.45, 7) is 3.86. The van der Waals surface area contributed by atoms with Gasteiger partial charge in [0.2, 0.25) is 5.91 Å². The molecule has 0 aromatic rings. The van der Waals surface area contributed by atoms with E-state index < -0.39 is 49.5 Å². The van der Waals surface area contributed by atoms with Crippen molar-refractivity contribution in [2.24, 2.45) is 0 Å². The summed E-state index contributed by atoms with van der Waals surface area (Å²) in [6, 6.07) is -0.718. The van der Waals surface area contributed by atoms with E-state index >= 15 is 0 Å². The smallest absolute Gasteiger partial charge is 0.220 e. The highest BCUT2D eigenvalue weighted by Crippen LogP contribution is 2.23. The molecule has 1 rings (SSSR count). The van der Waals surface area contributed by atoms with Crippen molar-refractivity contribution >= 4 is 5.91 Å². The van der Waals surface area contributed by atoms with Crippen molar-refractivity contribution < 1.29 is 39.8 Å². The lowest BCUT2D eigenvalue weighted by molar-refractivity contribution is -0.302. The van der Waals surface area contributed by atoms with E-state index in [4.69, 9.17) is 9.47 Å². The van der Waals surface area contributed by atoms with E-state index in [1.807, 2.05) is 0 Å². The molecule has 71 heavy (non-hydrogen) atoms. The normalized spacial score (nSPS) is 19.5. The SMILES string of the molecule is CCCCCCC/C=C\C/C=C\C/C=C\CCCCCCCCCCCCCCCCCCC(=O)NC(COC1OC(CO)C(O)C(O)C1O)C(O)CCCCCCCCCCCCCCCCCCC. The van der Waals surface area contributed by atoms with E-state index in [0.717, 1.165) is 51.4 Å². The number of unbranched alkanes of at least 4 members (excludes halogenated alkanes) is 37. The third-order valence-corrected chi connectivity index (χ3v) is 14.7. The summed E-state index contributed by atoms with van der Waals surface area (Å²) in [5, 5.41) is 54.7. The zero-order chi connectivity index (χ0) is 51.5. The van der Waals surface area contributed by atoms with Gasteiger partial charge in [-0.1, -0.05) is 275 Å². The monoisotopic (exact) mass is 1000 g/mol. The molecule has 9 nitrogen and oxygen atoms in total. The summed E-state index contributed by atoms with van der Waals surface area (Å²) >= 11 is 0. The molecule has 6 N–H and O–H groups in total. The van der Waals surface area contributed by atoms with Gasteiger partial charge in [0.15, 0.2) is 6.29 Å². The number of hydrogen-bond donors (Lipinski definition) is 6. The highest BCUT2D eigenvalue weighted by molar-refractivity contribution is 5.76. The van der Waals surface area contributed by atoms with E-state index in [1.54, 1.807) is 0 Å². The summed E-state index contributed by atoms with van der Waals surface area (Å²) in [6.07, 6.45) is 60.4. The molecule has 0 aliphatic carbocycles. The van der Waals surface area contributed by atoms with Crippen molar-refractivity contribution in [2.75, 3.05) is 13.2 Å². The Bertz CT molecular complexity index is 1210. The Kier molecular flexibility index (Phi) is 49.3. The fourth-order valence-electron chi connectivity index (χ4n) is 9.88. The van der Waals surface area contributed by atoms with E-state index in [2.05, 4.69) is 55.6 Å². The van der Waals surface area contributed by atoms with Gasteiger partial charge in [0.1, 0.15) is 24.4 Å². The molecule has 1 heterocycles. The molecule has 418 valence electrons. The maximum Gasteiger partial charge on any atom is 0.220 e. The summed E-state index contributed by atoms with van der Waals surface area (Å²) in [4.78, 5) is 13.1. The first kappa shape index (κ1) is 67.4. The van der Waals surface area contributed by atoms with Gasteiger partial charge in [0, 0.05) is 6.42 Å². The summed E-state index contributed by atoms with van der Waals surface area (Å²) in [5.74, 6) is -0.141. The van der Waals surface area contributed by atoms with Gasteiger partial charge in [-0.05, 0) is 51.4 Å². The quantitative estimate of drug-likeness (QED) is 0.0261. The van der Waals surface area contributed by atoms with Crippen LogP contribution in [0.1, 0.15) is 296 Å². The second-order valence-corrected chi connectivity index (χ2v) is 21.5. The Balaban J connectivity index is 2.13. The van der Waals surface area contributed by atoms with Crippen molar-refractivity contribution in [3.05, 3.63) is 36.5 Å². The van der Waals surface area contributed by atoms with Crippen LogP contribution < -0.4 is 5.32 Å². The van der Waals surface area contributed by atoms with Crippen molar-refractivity contribution in [1.82, 2.24) is 5.32 Å². The Morgan fingerprint density at radius 1 is 0.479 bits per heavy atom. The number of amides is 1. The number of aliphatic hydroxyl groups excluding tert-OH is 5. The van der Waals surface area contributed by atoms with Crippen molar-refractivity contribution in [3.63, 3.8) is 0 Å². The maximum atomic E-state index is 13.1. The van der Waals surface area contributed by atoms with Gasteiger partial charge in [0.05, 0.1) is 25.4 Å². The fourth-order valence-corrected chi connectivity index (χ4v) is 9.88. The van der Waals surface area contributed by atoms with Crippen molar-refractivity contribution in [3.8, 4) is 0 Å². The van der Waals surface area contributed by atoms with E-state index in [1.165, 1.54) is 218 Å². The lowest BCUT2D eigenvalue weighted by Crippen LogP contribution is -2.60. The Labute approximate surface area is 438 Å². The first-order valence-electron chi connectivity index (χ1n) is 30.7. The van der Waals surface area contributed by atoms with E-state index in [9.17, 15) is 30.3 Å². The molecule has 7 atom stereocenters. The minimum absolute atomic E-state index is 0.135. The molecule has 0 saturated carbocycles. The number of ether oxygens (including phenoxy) is 2. The minimum Gasteiger partial charge on any atom is -0.394 e. The average Bonchev–Trinajstić information content (AvgIpc) is 3.37. The van der Waals surface area contributed by atoms with Crippen LogP contribution in [0.15, 0.2) is 36.5 Å². The number of hydrogen-bond acceptors (Lipinski definition) is 8. The van der Waals surface area contributed by atoms with Crippen LogP contribution in [0.3, 0.4) is 0 Å². The van der Waals surface area contributed by atoms with Crippen LogP contribution in [0.4, 0.5) is 0 Å². The van der Waals surface area contributed by atoms with Crippen LogP contribution in [-0.2, 0) is 14.3 Å². The standard InChI is InChI=1S/C62H117NO8/c1-3-5-7-9-11-13-15-17-19-21-22-23-24-25-26-27-28-29-30-31-32-33-34-36-38-40-42-44-46-48-50-52-58(66)63-55(54-70-62-61(69)60(68)59(67)57(53-64)71-62)56(65)51-49-47-45-43-41-39-37-35-20-18-16-14-12-10-8-6-4-2/h15,17,21-22,24-25,55-57,59-62,64-65,67-69H,3-14,16,18-20,23,26-54H2,1-2H3,(H,63,66)/b17-15-,22-21-,25-24-. The van der Waals surface area contributed by atoms with Gasteiger partial charge in [0.25, 0.3) is 0 Å². The zero-order valence-corrected chi connectivity index (χ0v) is 46.5. The Morgan fingerprint density at radius 2 is 0.831 bits per heavy atom. The molecule has 0 aromatic carbocycles. The first-order valence-corrected chi connectivity index (χ1v) is 30.7. The number of carbonyl (C=O) groups is 1. The van der Waals surface area contributed by atoms with E-state index in [0.29, 0.717) is 12.8 Å². The van der Waals surface area contributed by atoms with Crippen molar-refractivity contribution in [2.45, 2.75) is 339 Å². The summed E-state index contributed by atoms with van der Waals surface area (Å²) in [5.41, 5.74) is 0. The van der Waals surface area contributed by atoms with Crippen LogP contribution >= 0.6 is 0 Å². The van der Waals surface area contributed by atoms with Gasteiger partial charge >= 0.3 is 0 Å². The summed E-state index contributed by atoms with van der Waals surface area (Å²) in [7, 11) is 0. The van der Waals surface area contributed by atoms with Crippen LogP contribution in [0.2, 0.25) is 0 Å². The highest BCUT2D eigenvalue weighted by Gasteiger charge is 2.44. The summed E-state index contributed by atoms with van der Waals surface area (Å²) < 4.78 is 11.3. The van der Waals surface area contributed by atoms with Gasteiger partial charge in [-0.15, -0.1) is 0 Å². The molecule has 1 aliphatic rings. The molecule has 0 bridgehead atoms. The van der Waals surface area contributed by atoms with Crippen LogP contribution in [-0.4, -0.2) is 87.5 Å². The first-order chi connectivity index (χ1) is 34.8. The molecule has 0 radical (unpaired) electrons. The second kappa shape index (κ2) is 51.9. The van der Waals surface area contributed by atoms with E-state index in [-0.39, 0.29) is 12.5 Å². The molecule has 1 amide bonds. The van der Waals surface area contributed by atoms with Crippen LogP contribution in [0, 0.1) is 0 Å². The predicted molar refractivity (Wildman–Crippen MR) is 300 cm³/mol. The molecular weight excluding hydrogens is 887 g/mol. The third-order valence-electron chi connectivity index (χ3n) is 14.7. The van der Waals surface area contributed by atoms with Gasteiger partial charge < -0.3 is 40.3 Å². The molecule has 9 heteroatoms. The van der Waals surface area contributed by atoms with Gasteiger partial charge in [-0.3, -0.25) is 4.79 Å². The molecule has 1 fully saturated rings. The van der Waals surface area contributed by atoms with Crippen LogP contribution in [0.25, 0.3) is 0 Å². The number of carbonyl (C=O) groups excluding carboxylic acids is 1. The Morgan fingerprint density at radius 3 is 1.23 bits per heavy atom. The lowest BCUT2D eigenvalue weighted by Gasteiger charge is -2.40. The highest BCUT2D eigenvalue weighted by atomic mass is 16.7. The number of allylic oxidation sites excluding steroid dienone is 6. The largest absolute Gasteiger partial charge is 0.394 e. The maximum absolute atomic E-state index is 13.1. The Hall–Kier alpha value is -1.59. The molecule has 1 aliphatic heterocycles. The van der Waals surface area contributed by atoms with Crippen molar-refractivity contribution in [1.29, 1.82) is 0 Å². The molecule has 1 saturated heterocycles. The van der Waals surface area contributed by atoms with Gasteiger partial charge in [-0.2, -0.15) is 0 Å². The number of aliphatic hydroxyl groups is 5. The lowest BCUT2D eigenvalue weighted by atomic mass is 9.99. The minimum atomic E-state index is -1.55. The average molecular weight is 1000 g/mol. The molecule has 7 unspecified atom stereocenters. The van der Waals surface area contributed by atoms with Gasteiger partial charge in [-0.25, -0.2) is 0 Å². The topological polar surface area (TPSA) is 149 Å². The second-order valence-electron chi connectivity index (χ2n) is 21.5.